The maximum atomic E-state index is 14.2. The molecule has 0 saturated heterocycles. The van der Waals surface area contributed by atoms with Gasteiger partial charge >= 0.3 is 6.18 Å². The molecule has 0 aliphatic heterocycles. The molecule has 1 atom stereocenters. The van der Waals surface area contributed by atoms with Crippen LogP contribution in [0.1, 0.15) is 62.1 Å². The Hall–Kier alpha value is -3.86. The lowest BCUT2D eigenvalue weighted by molar-refractivity contribution is -0.140. The third-order valence-electron chi connectivity index (χ3n) is 7.88. The van der Waals surface area contributed by atoms with Crippen molar-refractivity contribution < 1.29 is 31.2 Å². The van der Waals surface area contributed by atoms with Crippen LogP contribution in [0.2, 0.25) is 0 Å². The summed E-state index contributed by atoms with van der Waals surface area (Å²) >= 11 is 0. The number of anilines is 1. The van der Waals surface area contributed by atoms with E-state index in [1.165, 1.54) is 35.2 Å². The summed E-state index contributed by atoms with van der Waals surface area (Å²) in [6.07, 6.45) is 0.297. The number of nitrogens with zero attached hydrogens (tertiary/aromatic N) is 2. The first-order chi connectivity index (χ1) is 20.9. The summed E-state index contributed by atoms with van der Waals surface area (Å²) < 4.78 is 69.4. The van der Waals surface area contributed by atoms with Gasteiger partial charge in [-0.15, -0.1) is 0 Å². The predicted octanol–water partition coefficient (Wildman–Crippen LogP) is 6.47. The normalized spacial score (nSPS) is 14.9. The SMILES string of the molecule is CC[C@@H](C(=O)NC1CCCCC1)N(Cc1ccc(C)cc1)C(=O)CN(c1cccc(C(F)(F)F)c1)S(=O)(=O)c1ccccc1. The molecule has 11 heteroatoms. The van der Waals surface area contributed by atoms with E-state index in [-0.39, 0.29) is 35.5 Å². The molecular formula is C33H38F3N3O4S. The smallest absolute Gasteiger partial charge is 0.352 e. The number of alkyl halides is 3. The van der Waals surface area contributed by atoms with Gasteiger partial charge in [0.25, 0.3) is 10.0 Å². The molecule has 1 N–H and O–H groups in total. The Balaban J connectivity index is 1.74. The number of nitrogens with one attached hydrogen (secondary N) is 1. The highest BCUT2D eigenvalue weighted by Crippen LogP contribution is 2.33. The average Bonchev–Trinajstić information content (AvgIpc) is 3.01. The Labute approximate surface area is 257 Å². The highest BCUT2D eigenvalue weighted by atomic mass is 32.2. The van der Waals surface area contributed by atoms with Crippen LogP contribution >= 0.6 is 0 Å². The van der Waals surface area contributed by atoms with Crippen molar-refractivity contribution in [1.82, 2.24) is 10.2 Å². The van der Waals surface area contributed by atoms with Crippen LogP contribution in [-0.4, -0.2) is 43.8 Å². The molecule has 0 unspecified atom stereocenters. The molecule has 1 aliphatic carbocycles. The third-order valence-corrected chi connectivity index (χ3v) is 9.67. The standard InChI is InChI=1S/C33H38F3N3O4S/c1-3-30(32(41)37-27-12-6-4-7-13-27)38(22-25-19-17-24(2)18-20-25)31(40)23-39(44(42,43)29-15-8-5-9-16-29)28-14-10-11-26(21-28)33(34,35)36/h5,8-11,14-21,27,30H,3-4,6-7,12-13,22-23H2,1-2H3,(H,37,41)/t30-/m0/s1. The van der Waals surface area contributed by atoms with Gasteiger partial charge in [-0.05, 0) is 62.1 Å². The largest absolute Gasteiger partial charge is 0.416 e. The first-order valence-electron chi connectivity index (χ1n) is 14.8. The number of amides is 2. The third kappa shape index (κ3) is 8.19. The summed E-state index contributed by atoms with van der Waals surface area (Å²) in [4.78, 5) is 28.9. The quantitative estimate of drug-likeness (QED) is 0.264. The van der Waals surface area contributed by atoms with Crippen molar-refractivity contribution in [1.29, 1.82) is 0 Å². The van der Waals surface area contributed by atoms with Gasteiger partial charge in [0.05, 0.1) is 16.1 Å². The van der Waals surface area contributed by atoms with Crippen molar-refractivity contribution >= 4 is 27.5 Å². The molecule has 3 aromatic rings. The Morgan fingerprint density at radius 1 is 0.932 bits per heavy atom. The number of carbonyl (C=O) groups is 2. The monoisotopic (exact) mass is 629 g/mol. The fourth-order valence-corrected chi connectivity index (χ4v) is 6.87. The van der Waals surface area contributed by atoms with E-state index in [0.29, 0.717) is 10.4 Å². The Bertz CT molecular complexity index is 1520. The second kappa shape index (κ2) is 14.3. The molecule has 0 radical (unpaired) electrons. The minimum Gasteiger partial charge on any atom is -0.352 e. The van der Waals surface area contributed by atoms with Gasteiger partial charge in [-0.25, -0.2) is 8.42 Å². The number of rotatable bonds is 11. The molecule has 0 spiro atoms. The highest BCUT2D eigenvalue weighted by Gasteiger charge is 2.36. The lowest BCUT2D eigenvalue weighted by Crippen LogP contribution is -2.54. The van der Waals surface area contributed by atoms with E-state index in [4.69, 9.17) is 0 Å². The van der Waals surface area contributed by atoms with E-state index >= 15 is 0 Å². The van der Waals surface area contributed by atoms with Crippen LogP contribution in [0.5, 0.6) is 0 Å². The van der Waals surface area contributed by atoms with Crippen LogP contribution in [0, 0.1) is 6.92 Å². The molecule has 44 heavy (non-hydrogen) atoms. The Kier molecular flexibility index (Phi) is 10.7. The van der Waals surface area contributed by atoms with Gasteiger partial charge in [-0.3, -0.25) is 13.9 Å². The number of carbonyl (C=O) groups excluding carboxylic acids is 2. The van der Waals surface area contributed by atoms with Crippen molar-refractivity contribution in [2.45, 2.75) is 82.1 Å². The predicted molar refractivity (Wildman–Crippen MR) is 163 cm³/mol. The summed E-state index contributed by atoms with van der Waals surface area (Å²) in [6.45, 7) is 2.89. The first-order valence-corrected chi connectivity index (χ1v) is 16.2. The lowest BCUT2D eigenvalue weighted by Gasteiger charge is -2.34. The number of halogens is 3. The van der Waals surface area contributed by atoms with Gasteiger partial charge in [0, 0.05) is 12.6 Å². The van der Waals surface area contributed by atoms with E-state index in [1.54, 1.807) is 13.0 Å². The zero-order chi connectivity index (χ0) is 31.9. The van der Waals surface area contributed by atoms with Crippen LogP contribution in [0.15, 0.2) is 83.8 Å². The van der Waals surface area contributed by atoms with Crippen LogP contribution in [0.25, 0.3) is 0 Å². The number of aryl methyl sites for hydroxylation is 1. The summed E-state index contributed by atoms with van der Waals surface area (Å²) in [6, 6.07) is 17.6. The molecular weight excluding hydrogens is 591 g/mol. The Morgan fingerprint density at radius 2 is 1.59 bits per heavy atom. The van der Waals surface area contributed by atoms with Crippen LogP contribution in [0.3, 0.4) is 0 Å². The second-order valence-corrected chi connectivity index (χ2v) is 13.0. The lowest BCUT2D eigenvalue weighted by atomic mass is 9.95. The van der Waals surface area contributed by atoms with Crippen molar-refractivity contribution in [3.8, 4) is 0 Å². The van der Waals surface area contributed by atoms with E-state index in [9.17, 15) is 31.2 Å². The number of sulfonamides is 1. The summed E-state index contributed by atoms with van der Waals surface area (Å²) in [5.74, 6) is -1.05. The molecule has 1 aliphatic rings. The fourth-order valence-electron chi connectivity index (χ4n) is 5.44. The number of hydrogen-bond donors (Lipinski definition) is 1. The van der Waals surface area contributed by atoms with Crippen LogP contribution in [0.4, 0.5) is 18.9 Å². The van der Waals surface area contributed by atoms with Crippen molar-refractivity contribution in [2.75, 3.05) is 10.8 Å². The maximum absolute atomic E-state index is 14.2. The molecule has 4 rings (SSSR count). The van der Waals surface area contributed by atoms with Gasteiger partial charge < -0.3 is 10.2 Å². The first kappa shape index (κ1) is 33.0. The zero-order valence-electron chi connectivity index (χ0n) is 24.9. The molecule has 0 bridgehead atoms. The van der Waals surface area contributed by atoms with E-state index in [2.05, 4.69) is 5.32 Å². The molecule has 7 nitrogen and oxygen atoms in total. The molecule has 236 valence electrons. The zero-order valence-corrected chi connectivity index (χ0v) is 25.7. The van der Waals surface area contributed by atoms with Gasteiger partial charge in [-0.2, -0.15) is 13.2 Å². The molecule has 1 saturated carbocycles. The van der Waals surface area contributed by atoms with Crippen molar-refractivity contribution in [3.05, 3.63) is 95.6 Å². The van der Waals surface area contributed by atoms with E-state index < -0.39 is 40.3 Å². The summed E-state index contributed by atoms with van der Waals surface area (Å²) in [5, 5.41) is 3.08. The molecule has 1 fully saturated rings. The summed E-state index contributed by atoms with van der Waals surface area (Å²) in [5.41, 5.74) is 0.361. The van der Waals surface area contributed by atoms with E-state index in [0.717, 1.165) is 55.4 Å². The highest BCUT2D eigenvalue weighted by molar-refractivity contribution is 7.92. The molecule has 0 heterocycles. The van der Waals surface area contributed by atoms with Crippen LogP contribution in [-0.2, 0) is 32.3 Å². The molecule has 2 amide bonds. The number of hydrogen-bond acceptors (Lipinski definition) is 4. The van der Waals surface area contributed by atoms with Gasteiger partial charge in [0.2, 0.25) is 11.8 Å². The summed E-state index contributed by atoms with van der Waals surface area (Å²) in [7, 11) is -4.48. The maximum Gasteiger partial charge on any atom is 0.416 e. The molecule has 3 aromatic carbocycles. The fraction of sp³-hybridized carbons (Fsp3) is 0.394. The van der Waals surface area contributed by atoms with E-state index in [1.807, 2.05) is 31.2 Å². The van der Waals surface area contributed by atoms with Gasteiger partial charge in [0.15, 0.2) is 0 Å². The topological polar surface area (TPSA) is 86.8 Å². The number of benzene rings is 3. The van der Waals surface area contributed by atoms with Crippen molar-refractivity contribution in [2.24, 2.45) is 0 Å². The second-order valence-electron chi connectivity index (χ2n) is 11.1. The minimum absolute atomic E-state index is 0.0114. The molecule has 0 aromatic heterocycles. The van der Waals surface area contributed by atoms with Gasteiger partial charge in [0.1, 0.15) is 12.6 Å². The van der Waals surface area contributed by atoms with Crippen molar-refractivity contribution in [3.63, 3.8) is 0 Å². The average molecular weight is 630 g/mol. The van der Waals surface area contributed by atoms with Gasteiger partial charge in [-0.1, -0.05) is 80.3 Å². The minimum atomic E-state index is -4.73. The van der Waals surface area contributed by atoms with Crippen LogP contribution < -0.4 is 9.62 Å². The Morgan fingerprint density at radius 3 is 2.20 bits per heavy atom.